The van der Waals surface area contributed by atoms with Gasteiger partial charge in [0.25, 0.3) is 11.8 Å². The van der Waals surface area contributed by atoms with Crippen molar-refractivity contribution < 1.29 is 24.0 Å². The van der Waals surface area contributed by atoms with Crippen LogP contribution in [0.4, 0.5) is 10.5 Å². The number of imide groups is 1. The van der Waals surface area contributed by atoms with Crippen LogP contribution in [-0.4, -0.2) is 23.0 Å². The molecule has 8 heteroatoms. The van der Waals surface area contributed by atoms with E-state index < -0.39 is 18.0 Å². The predicted molar refractivity (Wildman–Crippen MR) is 63.6 cm³/mol. The van der Waals surface area contributed by atoms with E-state index in [9.17, 15) is 14.4 Å². The molecule has 0 aromatic heterocycles. The third kappa shape index (κ3) is 3.16. The molecule has 1 aromatic carbocycles. The zero-order chi connectivity index (χ0) is 14.5. The van der Waals surface area contributed by atoms with Gasteiger partial charge in [0, 0.05) is 12.8 Å². The zero-order valence-corrected chi connectivity index (χ0v) is 10.4. The lowest BCUT2D eigenvalue weighted by Gasteiger charge is -2.12. The summed E-state index contributed by atoms with van der Waals surface area (Å²) in [6.07, 6.45) is -1.06. The maximum absolute atomic E-state index is 11.3. The molecule has 1 aliphatic rings. The Kier molecular flexibility index (Phi) is 4.04. The fraction of sp³-hybridized carbons (Fsp3) is 0.250. The quantitative estimate of drug-likeness (QED) is 0.514. The van der Waals surface area contributed by atoms with Gasteiger partial charge in [0.15, 0.2) is 0 Å². The van der Waals surface area contributed by atoms with Crippen LogP contribution in [0, 0.1) is 5.53 Å². The number of nitrogens with zero attached hydrogens (tertiary/aromatic N) is 2. The highest BCUT2D eigenvalue weighted by molar-refractivity contribution is 6.01. The zero-order valence-electron chi connectivity index (χ0n) is 10.4. The molecule has 1 N–H and O–H groups in total. The monoisotopic (exact) mass is 277 g/mol. The Hall–Kier alpha value is -2.77. The van der Waals surface area contributed by atoms with E-state index in [1.165, 1.54) is 0 Å². The van der Waals surface area contributed by atoms with Gasteiger partial charge in [0.2, 0.25) is 0 Å². The van der Waals surface area contributed by atoms with Crippen molar-refractivity contribution in [2.75, 3.05) is 0 Å². The Morgan fingerprint density at radius 3 is 2.35 bits per heavy atom. The fourth-order valence-electron chi connectivity index (χ4n) is 1.57. The van der Waals surface area contributed by atoms with E-state index >= 15 is 0 Å². The normalized spacial score (nSPS) is 14.3. The van der Waals surface area contributed by atoms with Gasteiger partial charge in [-0.15, -0.1) is 0 Å². The molecule has 1 heterocycles. The van der Waals surface area contributed by atoms with Crippen molar-refractivity contribution in [3.63, 3.8) is 0 Å². The molecule has 2 rings (SSSR count). The third-order valence-electron chi connectivity index (χ3n) is 2.59. The number of benzene rings is 1. The lowest BCUT2D eigenvalue weighted by Crippen LogP contribution is -2.32. The van der Waals surface area contributed by atoms with Crippen LogP contribution in [-0.2, 0) is 25.8 Å². The second-order valence-electron chi connectivity index (χ2n) is 3.99. The highest BCUT2D eigenvalue weighted by Gasteiger charge is 2.33. The van der Waals surface area contributed by atoms with E-state index in [4.69, 9.17) is 10.3 Å². The summed E-state index contributed by atoms with van der Waals surface area (Å²) in [5, 5.41) is 3.65. The molecule has 0 atom stereocenters. The number of nitrogens with one attached hydrogen (secondary N) is 1. The van der Waals surface area contributed by atoms with Crippen molar-refractivity contribution in [3.05, 3.63) is 29.8 Å². The van der Waals surface area contributed by atoms with Gasteiger partial charge in [0.1, 0.15) is 6.61 Å². The highest BCUT2D eigenvalue weighted by atomic mass is 16.8. The molecule has 0 radical (unpaired) electrons. The van der Waals surface area contributed by atoms with Crippen LogP contribution in [0.5, 0.6) is 0 Å². The molecule has 0 unspecified atom stereocenters. The Labute approximate surface area is 113 Å². The number of carbonyl (C=O) groups is 3. The number of ether oxygens (including phenoxy) is 1. The molecule has 1 saturated heterocycles. The van der Waals surface area contributed by atoms with Crippen LogP contribution in [0.15, 0.2) is 29.4 Å². The average molecular weight is 277 g/mol. The molecule has 1 fully saturated rings. The number of amides is 2. The molecule has 104 valence electrons. The van der Waals surface area contributed by atoms with Gasteiger partial charge < -0.3 is 4.74 Å². The van der Waals surface area contributed by atoms with E-state index in [1.54, 1.807) is 24.3 Å². The maximum atomic E-state index is 11.3. The summed E-state index contributed by atoms with van der Waals surface area (Å²) in [5.41, 5.74) is 7.93. The van der Waals surface area contributed by atoms with E-state index in [1.807, 2.05) is 0 Å². The minimum absolute atomic E-state index is 0.0319. The van der Waals surface area contributed by atoms with Crippen LogP contribution in [0.3, 0.4) is 0 Å². The Morgan fingerprint density at radius 1 is 1.20 bits per heavy atom. The summed E-state index contributed by atoms with van der Waals surface area (Å²) in [6.45, 7) is -0.0761. The highest BCUT2D eigenvalue weighted by Crippen LogP contribution is 2.15. The second-order valence-corrected chi connectivity index (χ2v) is 3.99. The molecule has 0 spiro atoms. The van der Waals surface area contributed by atoms with Crippen molar-refractivity contribution >= 4 is 23.7 Å². The number of hydroxylamine groups is 2. The number of carbonyl (C=O) groups excluding carboxylic acids is 3. The van der Waals surface area contributed by atoms with Crippen LogP contribution in [0.1, 0.15) is 18.4 Å². The first-order valence-electron chi connectivity index (χ1n) is 5.77. The van der Waals surface area contributed by atoms with E-state index in [-0.39, 0.29) is 19.4 Å². The molecule has 2 amide bonds. The topological polar surface area (TPSA) is 109 Å². The van der Waals surface area contributed by atoms with Crippen molar-refractivity contribution in [1.82, 2.24) is 5.06 Å². The van der Waals surface area contributed by atoms with Gasteiger partial charge in [-0.05, 0) is 17.7 Å². The molecule has 1 aliphatic heterocycles. The SMILES string of the molecule is N=Nc1ccc(COC(=O)ON2C(=O)CCC2=O)cc1. The predicted octanol–water partition coefficient (Wildman–Crippen LogP) is 2.07. The fourth-order valence-corrected chi connectivity index (χ4v) is 1.57. The van der Waals surface area contributed by atoms with E-state index in [0.717, 1.165) is 0 Å². The summed E-state index contributed by atoms with van der Waals surface area (Å²) in [5.74, 6) is -1.12. The smallest absolute Gasteiger partial charge is 0.428 e. The summed E-state index contributed by atoms with van der Waals surface area (Å²) < 4.78 is 4.78. The van der Waals surface area contributed by atoms with Crippen LogP contribution >= 0.6 is 0 Å². The molecule has 8 nitrogen and oxygen atoms in total. The van der Waals surface area contributed by atoms with E-state index in [2.05, 4.69) is 9.95 Å². The molecule has 1 aromatic rings. The van der Waals surface area contributed by atoms with Crippen LogP contribution in [0.25, 0.3) is 0 Å². The Morgan fingerprint density at radius 2 is 1.80 bits per heavy atom. The van der Waals surface area contributed by atoms with Crippen molar-refractivity contribution in [1.29, 1.82) is 5.53 Å². The standard InChI is InChI=1S/C12H11N3O5/c13-14-9-3-1-8(2-4-9)7-19-12(18)20-15-10(16)5-6-11(15)17/h1-4,13H,5-7H2. The summed E-state index contributed by atoms with van der Waals surface area (Å²) in [6, 6.07) is 6.44. The van der Waals surface area contributed by atoms with Gasteiger partial charge in [-0.25, -0.2) is 10.3 Å². The van der Waals surface area contributed by atoms with Crippen molar-refractivity contribution in [3.8, 4) is 0 Å². The minimum atomic E-state index is -1.12. The average Bonchev–Trinajstić information content (AvgIpc) is 2.77. The minimum Gasteiger partial charge on any atom is -0.428 e. The third-order valence-corrected chi connectivity index (χ3v) is 2.59. The van der Waals surface area contributed by atoms with Gasteiger partial charge in [0.05, 0.1) is 5.69 Å². The molecule has 0 bridgehead atoms. The maximum Gasteiger partial charge on any atom is 0.534 e. The molecule has 0 aliphatic carbocycles. The van der Waals surface area contributed by atoms with E-state index in [0.29, 0.717) is 16.3 Å². The summed E-state index contributed by atoms with van der Waals surface area (Å²) >= 11 is 0. The number of hydrogen-bond donors (Lipinski definition) is 1. The molecule has 0 saturated carbocycles. The largest absolute Gasteiger partial charge is 0.534 e. The van der Waals surface area contributed by atoms with Gasteiger partial charge in [-0.2, -0.15) is 5.11 Å². The Bertz CT molecular complexity index is 539. The number of rotatable bonds is 4. The van der Waals surface area contributed by atoms with Gasteiger partial charge >= 0.3 is 6.16 Å². The van der Waals surface area contributed by atoms with Crippen LogP contribution < -0.4 is 0 Å². The second kappa shape index (κ2) is 5.91. The van der Waals surface area contributed by atoms with Gasteiger partial charge in [-0.3, -0.25) is 14.4 Å². The lowest BCUT2D eigenvalue weighted by molar-refractivity contribution is -0.177. The molecular weight excluding hydrogens is 266 g/mol. The Balaban J connectivity index is 1.84. The molecule has 20 heavy (non-hydrogen) atoms. The summed E-state index contributed by atoms with van der Waals surface area (Å²) in [7, 11) is 0. The van der Waals surface area contributed by atoms with Crippen molar-refractivity contribution in [2.45, 2.75) is 19.4 Å². The molecular formula is C12H11N3O5. The van der Waals surface area contributed by atoms with Crippen LogP contribution in [0.2, 0.25) is 0 Å². The van der Waals surface area contributed by atoms with Gasteiger partial charge in [-0.1, -0.05) is 17.2 Å². The first-order valence-corrected chi connectivity index (χ1v) is 5.77. The number of hydrogen-bond acceptors (Lipinski definition) is 7. The first kappa shape index (κ1) is 13.7. The lowest BCUT2D eigenvalue weighted by atomic mass is 10.2. The van der Waals surface area contributed by atoms with Crippen molar-refractivity contribution in [2.24, 2.45) is 5.11 Å². The first-order chi connectivity index (χ1) is 9.60. The summed E-state index contributed by atoms with van der Waals surface area (Å²) in [4.78, 5) is 38.3.